The van der Waals surface area contributed by atoms with Gasteiger partial charge in [0, 0.05) is 5.38 Å². The zero-order chi connectivity index (χ0) is 18.2. The van der Waals surface area contributed by atoms with E-state index in [0.717, 1.165) is 0 Å². The van der Waals surface area contributed by atoms with Crippen LogP contribution in [0.1, 0.15) is 25.1 Å². The van der Waals surface area contributed by atoms with Gasteiger partial charge >= 0.3 is 5.97 Å². The molecule has 0 aliphatic rings. The number of ether oxygens (including phenoxy) is 1. The highest BCUT2D eigenvalue weighted by atomic mass is 32.2. The van der Waals surface area contributed by atoms with Gasteiger partial charge in [0.15, 0.2) is 4.34 Å². The van der Waals surface area contributed by atoms with Gasteiger partial charge in [-0.05, 0) is 26.0 Å². The summed E-state index contributed by atoms with van der Waals surface area (Å²) in [4.78, 5) is 28.1. The molecule has 0 bridgehead atoms. The summed E-state index contributed by atoms with van der Waals surface area (Å²) in [6.45, 7) is 3.86. The van der Waals surface area contributed by atoms with E-state index < -0.39 is 5.25 Å². The summed E-state index contributed by atoms with van der Waals surface area (Å²) in [5.41, 5.74) is 1.54. The highest BCUT2D eigenvalue weighted by Gasteiger charge is 2.18. The van der Waals surface area contributed by atoms with Gasteiger partial charge in [-0.25, -0.2) is 4.98 Å². The molecule has 1 unspecified atom stereocenters. The minimum Gasteiger partial charge on any atom is -0.466 e. The Morgan fingerprint density at radius 1 is 1.44 bits per heavy atom. The Bertz CT molecular complexity index is 798. The Kier molecular flexibility index (Phi) is 6.98. The molecule has 0 saturated heterocycles. The van der Waals surface area contributed by atoms with E-state index in [-0.39, 0.29) is 18.3 Å². The molecule has 0 aliphatic heterocycles. The molecule has 25 heavy (non-hydrogen) atoms. The molecule has 2 rings (SSSR count). The highest BCUT2D eigenvalue weighted by molar-refractivity contribution is 8.02. The smallest absolute Gasteiger partial charge is 0.311 e. The average molecular weight is 375 g/mol. The summed E-state index contributed by atoms with van der Waals surface area (Å²) >= 11 is 2.69. The molecule has 0 radical (unpaired) electrons. The number of carbonyl (C=O) groups excluding carboxylic acids is 2. The first-order valence-electron chi connectivity index (χ1n) is 7.60. The van der Waals surface area contributed by atoms with Gasteiger partial charge in [0.25, 0.3) is 0 Å². The maximum Gasteiger partial charge on any atom is 0.311 e. The largest absolute Gasteiger partial charge is 0.466 e. The number of rotatable bonds is 7. The number of hydrogen-bond acceptors (Lipinski definition) is 7. The van der Waals surface area contributed by atoms with E-state index in [0.29, 0.717) is 27.9 Å². The summed E-state index contributed by atoms with van der Waals surface area (Å²) in [5.74, 6) is -0.530. The van der Waals surface area contributed by atoms with Crippen molar-refractivity contribution in [2.45, 2.75) is 29.9 Å². The van der Waals surface area contributed by atoms with Gasteiger partial charge in [0.05, 0.1) is 35.2 Å². The second-order valence-corrected chi connectivity index (χ2v) is 7.44. The first-order chi connectivity index (χ1) is 12.0. The Morgan fingerprint density at radius 3 is 2.92 bits per heavy atom. The molecule has 0 spiro atoms. The number of carbonyl (C=O) groups is 2. The second-order valence-electron chi connectivity index (χ2n) is 4.99. The van der Waals surface area contributed by atoms with Crippen molar-refractivity contribution < 1.29 is 14.3 Å². The van der Waals surface area contributed by atoms with Crippen molar-refractivity contribution in [3.8, 4) is 6.07 Å². The van der Waals surface area contributed by atoms with Gasteiger partial charge in [-0.1, -0.05) is 23.9 Å². The molecule has 1 heterocycles. The molecular weight excluding hydrogens is 358 g/mol. The molecule has 6 nitrogen and oxygen atoms in total. The number of thiazole rings is 1. The monoisotopic (exact) mass is 375 g/mol. The van der Waals surface area contributed by atoms with Gasteiger partial charge in [-0.15, -0.1) is 11.3 Å². The maximum absolute atomic E-state index is 12.3. The molecule has 130 valence electrons. The number of amides is 1. The topological polar surface area (TPSA) is 92.1 Å². The number of para-hydroxylation sites is 1. The lowest BCUT2D eigenvalue weighted by Gasteiger charge is -2.11. The van der Waals surface area contributed by atoms with Crippen LogP contribution in [0.3, 0.4) is 0 Å². The minimum absolute atomic E-state index is 0.126. The lowest BCUT2D eigenvalue weighted by atomic mass is 10.2. The lowest BCUT2D eigenvalue weighted by molar-refractivity contribution is -0.142. The van der Waals surface area contributed by atoms with Crippen LogP contribution in [-0.2, 0) is 20.7 Å². The van der Waals surface area contributed by atoms with Crippen molar-refractivity contribution in [3.05, 3.63) is 40.9 Å². The molecule has 1 aromatic heterocycles. The predicted octanol–water partition coefficient (Wildman–Crippen LogP) is 3.24. The summed E-state index contributed by atoms with van der Waals surface area (Å²) in [5, 5.41) is 13.2. The highest BCUT2D eigenvalue weighted by Crippen LogP contribution is 2.28. The number of benzene rings is 1. The lowest BCUT2D eigenvalue weighted by Crippen LogP contribution is -2.22. The van der Waals surface area contributed by atoms with Crippen LogP contribution in [0.2, 0.25) is 0 Å². The molecule has 1 amide bonds. The molecule has 2 aromatic rings. The number of nitrogens with one attached hydrogen (secondary N) is 1. The number of nitriles is 1. The van der Waals surface area contributed by atoms with Crippen molar-refractivity contribution in [3.63, 3.8) is 0 Å². The predicted molar refractivity (Wildman–Crippen MR) is 97.6 cm³/mol. The fraction of sp³-hybridized carbons (Fsp3) is 0.294. The Balaban J connectivity index is 1.94. The van der Waals surface area contributed by atoms with Crippen LogP contribution >= 0.6 is 23.1 Å². The van der Waals surface area contributed by atoms with Crippen LogP contribution < -0.4 is 5.32 Å². The number of thioether (sulfide) groups is 1. The van der Waals surface area contributed by atoms with Gasteiger partial charge in [0.2, 0.25) is 5.91 Å². The van der Waals surface area contributed by atoms with E-state index in [1.807, 2.05) is 6.07 Å². The van der Waals surface area contributed by atoms with Crippen molar-refractivity contribution in [1.82, 2.24) is 4.98 Å². The molecular formula is C17H17N3O3S2. The van der Waals surface area contributed by atoms with Crippen LogP contribution in [0.25, 0.3) is 0 Å². The molecule has 0 saturated carbocycles. The van der Waals surface area contributed by atoms with Gasteiger partial charge in [-0.2, -0.15) is 5.26 Å². The fourth-order valence-corrected chi connectivity index (χ4v) is 3.89. The first kappa shape index (κ1) is 19.0. The van der Waals surface area contributed by atoms with Gasteiger partial charge < -0.3 is 10.1 Å². The third-order valence-electron chi connectivity index (χ3n) is 3.11. The number of hydrogen-bond donors (Lipinski definition) is 1. The van der Waals surface area contributed by atoms with Crippen LogP contribution in [-0.4, -0.2) is 28.7 Å². The third kappa shape index (κ3) is 5.59. The van der Waals surface area contributed by atoms with Crippen molar-refractivity contribution in [2.24, 2.45) is 0 Å². The number of nitrogens with zero attached hydrogens (tertiary/aromatic N) is 2. The molecule has 1 atom stereocenters. The second kappa shape index (κ2) is 9.20. The van der Waals surface area contributed by atoms with E-state index >= 15 is 0 Å². The standard InChI is InChI=1S/C17H17N3O3S2/c1-3-23-15(21)8-13-10-24-17(19-13)25-11(2)16(22)20-14-7-5-4-6-12(14)9-18/h4-7,10-11H,3,8H2,1-2H3,(H,20,22). The van der Waals surface area contributed by atoms with Gasteiger partial charge in [0.1, 0.15) is 6.07 Å². The molecule has 1 N–H and O–H groups in total. The van der Waals surface area contributed by atoms with E-state index in [9.17, 15) is 9.59 Å². The van der Waals surface area contributed by atoms with E-state index in [1.54, 1.807) is 43.5 Å². The van der Waals surface area contributed by atoms with E-state index in [1.165, 1.54) is 23.1 Å². The molecule has 0 aliphatic carbocycles. The first-order valence-corrected chi connectivity index (χ1v) is 9.36. The van der Waals surface area contributed by atoms with Crippen LogP contribution in [0.4, 0.5) is 5.69 Å². The zero-order valence-corrected chi connectivity index (χ0v) is 15.4. The van der Waals surface area contributed by atoms with E-state index in [4.69, 9.17) is 10.00 Å². The van der Waals surface area contributed by atoms with Crippen molar-refractivity contribution in [1.29, 1.82) is 5.26 Å². The number of aromatic nitrogens is 1. The summed E-state index contributed by atoms with van der Waals surface area (Å²) in [6, 6.07) is 8.89. The Labute approximate surface area is 154 Å². The SMILES string of the molecule is CCOC(=O)Cc1csc(SC(C)C(=O)Nc2ccccc2C#N)n1. The number of esters is 1. The summed E-state index contributed by atoms with van der Waals surface area (Å²) in [7, 11) is 0. The summed E-state index contributed by atoms with van der Waals surface area (Å²) < 4.78 is 5.60. The van der Waals surface area contributed by atoms with Crippen LogP contribution in [0, 0.1) is 11.3 Å². The Morgan fingerprint density at radius 2 is 2.20 bits per heavy atom. The van der Waals surface area contributed by atoms with Crippen LogP contribution in [0.5, 0.6) is 0 Å². The van der Waals surface area contributed by atoms with Gasteiger partial charge in [-0.3, -0.25) is 9.59 Å². The van der Waals surface area contributed by atoms with Crippen molar-refractivity contribution in [2.75, 3.05) is 11.9 Å². The third-order valence-corrected chi connectivity index (χ3v) is 5.23. The normalized spacial score (nSPS) is 11.4. The van der Waals surface area contributed by atoms with Crippen molar-refractivity contribution >= 4 is 40.7 Å². The average Bonchev–Trinajstić information content (AvgIpc) is 3.02. The van der Waals surface area contributed by atoms with E-state index in [2.05, 4.69) is 10.3 Å². The quantitative estimate of drug-likeness (QED) is 0.590. The number of anilines is 1. The summed E-state index contributed by atoms with van der Waals surface area (Å²) in [6.07, 6.45) is 0.126. The maximum atomic E-state index is 12.3. The molecule has 0 fully saturated rings. The minimum atomic E-state index is -0.395. The zero-order valence-electron chi connectivity index (χ0n) is 13.8. The fourth-order valence-electron chi connectivity index (χ4n) is 1.91. The molecule has 8 heteroatoms. The van der Waals surface area contributed by atoms with Crippen LogP contribution in [0.15, 0.2) is 34.0 Å². The molecule has 1 aromatic carbocycles. The Hall–Kier alpha value is -2.37.